The van der Waals surface area contributed by atoms with Gasteiger partial charge in [0, 0.05) is 42.6 Å². The third-order valence-electron chi connectivity index (χ3n) is 9.84. The van der Waals surface area contributed by atoms with Crippen molar-refractivity contribution in [2.45, 2.75) is 73.7 Å². The van der Waals surface area contributed by atoms with E-state index in [0.29, 0.717) is 36.6 Å². The maximum Gasteiger partial charge on any atom is 0.407 e. The summed E-state index contributed by atoms with van der Waals surface area (Å²) in [5, 5.41) is 14.7. The maximum atomic E-state index is 14.3. The number of halogens is 3. The van der Waals surface area contributed by atoms with Gasteiger partial charge in [0.1, 0.15) is 12.6 Å². The van der Waals surface area contributed by atoms with Crippen LogP contribution in [-0.2, 0) is 36.6 Å². The number of hydrogen-bond acceptors (Lipinski definition) is 12. The molecular weight excluding hydrogens is 788 g/mol. The number of morpholine rings is 1. The number of aromatic nitrogens is 3. The number of ether oxygens (including phenoxy) is 3. The average molecular weight is 832 g/mol. The highest BCUT2D eigenvalue weighted by atomic mass is 32.2. The third kappa shape index (κ3) is 12.7. The highest BCUT2D eigenvalue weighted by Gasteiger charge is 2.35. The zero-order chi connectivity index (χ0) is 41.6. The van der Waals surface area contributed by atoms with Crippen molar-refractivity contribution in [3.05, 3.63) is 132 Å². The molecule has 1 aliphatic heterocycles. The summed E-state index contributed by atoms with van der Waals surface area (Å²) >= 11 is 1.24. The van der Waals surface area contributed by atoms with Gasteiger partial charge in [-0.2, -0.15) is 13.2 Å². The van der Waals surface area contributed by atoms with E-state index in [1.165, 1.54) is 18.9 Å². The number of Topliss-reactive ketones (excluding diaryl/α,β-unsaturated/α-hetero) is 1. The van der Waals surface area contributed by atoms with Crippen LogP contribution in [0.4, 0.5) is 18.0 Å². The molecule has 0 radical (unpaired) electrons. The minimum absolute atomic E-state index is 0.0392. The van der Waals surface area contributed by atoms with Crippen molar-refractivity contribution in [2.75, 3.05) is 26.0 Å². The Bertz CT molecular complexity index is 2070. The number of alkyl halides is 3. The van der Waals surface area contributed by atoms with Gasteiger partial charge in [-0.15, -0.1) is 10.2 Å². The number of carbonyl (C=O) groups is 3. The molecule has 12 nitrogen and oxygen atoms in total. The van der Waals surface area contributed by atoms with Crippen LogP contribution >= 0.6 is 11.8 Å². The molecule has 6 rings (SSSR count). The van der Waals surface area contributed by atoms with Gasteiger partial charge >= 0.3 is 18.2 Å². The Labute approximate surface area is 343 Å². The van der Waals surface area contributed by atoms with Crippen LogP contribution in [0.5, 0.6) is 0 Å². The summed E-state index contributed by atoms with van der Waals surface area (Å²) in [5.41, 5.74) is 4.15. The summed E-state index contributed by atoms with van der Waals surface area (Å²) in [6, 6.07) is 28.7. The first-order valence-corrected chi connectivity index (χ1v) is 20.1. The van der Waals surface area contributed by atoms with E-state index in [-0.39, 0.29) is 30.1 Å². The number of ketones is 1. The largest absolute Gasteiger partial charge is 0.464 e. The lowest BCUT2D eigenvalue weighted by molar-refractivity contribution is -0.159. The van der Waals surface area contributed by atoms with E-state index < -0.39 is 55.2 Å². The quantitative estimate of drug-likeness (QED) is 0.0682. The molecule has 59 heavy (non-hydrogen) atoms. The van der Waals surface area contributed by atoms with Gasteiger partial charge < -0.3 is 29.3 Å². The molecule has 1 fully saturated rings. The molecule has 3 aromatic carbocycles. The minimum Gasteiger partial charge on any atom is -0.464 e. The van der Waals surface area contributed by atoms with Crippen molar-refractivity contribution < 1.29 is 46.2 Å². The molecule has 310 valence electrons. The fourth-order valence-electron chi connectivity index (χ4n) is 6.85. The Morgan fingerprint density at radius 3 is 2.24 bits per heavy atom. The number of pyridine rings is 1. The number of carbonyl (C=O) groups excluding carboxylic acids is 3. The van der Waals surface area contributed by atoms with E-state index >= 15 is 0 Å². The minimum atomic E-state index is -4.48. The van der Waals surface area contributed by atoms with E-state index in [4.69, 9.17) is 18.6 Å². The molecule has 4 atom stereocenters. The smallest absolute Gasteiger partial charge is 0.407 e. The van der Waals surface area contributed by atoms with Crippen LogP contribution in [0, 0.1) is 0 Å². The van der Waals surface area contributed by atoms with Gasteiger partial charge in [0.25, 0.3) is 5.22 Å². The number of esters is 1. The molecular formula is C43H44F3N5O7S. The lowest BCUT2D eigenvalue weighted by Crippen LogP contribution is -2.55. The number of rotatable bonds is 18. The number of methoxy groups -OCH3 is 1. The Kier molecular flexibility index (Phi) is 15.2. The van der Waals surface area contributed by atoms with Gasteiger partial charge in [0.15, 0.2) is 5.78 Å². The second-order valence-electron chi connectivity index (χ2n) is 13.9. The van der Waals surface area contributed by atoms with Crippen LogP contribution in [-0.4, -0.2) is 89.5 Å². The summed E-state index contributed by atoms with van der Waals surface area (Å²) < 4.78 is 60.7. The number of nitrogens with one attached hydrogen (secondary N) is 2. The standard InChI is InChI=1S/C43H44F3N5O7S/c1-55-41(54)49-39(38(29-11-4-2-5-12-29)30-13-6-3-7-14-30)35(52)24-32-15-9-8-10-28(32)16-17-33-25-48-34(26-56-37(53)18-21-43(44,45)46)36(57-33)27-59-42-51-50-40(58-42)31-19-22-47-23-20-31/h2-15,19-20,22-23,33-34,36,38-39,48H,16-18,21,24-27H2,1H3,(H,49,54)/t33-,34-,36-,39-/m1/s1. The number of amides is 1. The second-order valence-corrected chi connectivity index (χ2v) is 14.9. The van der Waals surface area contributed by atoms with E-state index in [1.54, 1.807) is 24.5 Å². The first-order valence-electron chi connectivity index (χ1n) is 19.1. The molecule has 1 amide bonds. The number of benzene rings is 3. The van der Waals surface area contributed by atoms with Gasteiger partial charge in [0.05, 0.1) is 38.2 Å². The Morgan fingerprint density at radius 1 is 0.915 bits per heavy atom. The van der Waals surface area contributed by atoms with Crippen LogP contribution < -0.4 is 10.6 Å². The second kappa shape index (κ2) is 20.9. The number of nitrogens with zero attached hydrogens (tertiary/aromatic N) is 3. The molecule has 0 unspecified atom stereocenters. The zero-order valence-electron chi connectivity index (χ0n) is 32.2. The number of alkyl carbamates (subject to hydrolysis) is 1. The van der Waals surface area contributed by atoms with Crippen molar-refractivity contribution in [3.8, 4) is 11.5 Å². The first kappa shape index (κ1) is 43.0. The van der Waals surface area contributed by atoms with E-state index in [2.05, 4.69) is 25.8 Å². The van der Waals surface area contributed by atoms with Crippen LogP contribution in [0.2, 0.25) is 0 Å². The average Bonchev–Trinajstić information content (AvgIpc) is 3.74. The topological polar surface area (TPSA) is 155 Å². The zero-order valence-corrected chi connectivity index (χ0v) is 33.0. The molecule has 2 N–H and O–H groups in total. The summed E-state index contributed by atoms with van der Waals surface area (Å²) in [7, 11) is 1.26. The highest BCUT2D eigenvalue weighted by Crippen LogP contribution is 2.31. The predicted octanol–water partition coefficient (Wildman–Crippen LogP) is 7.14. The number of thioether (sulfide) groups is 1. The monoisotopic (exact) mass is 831 g/mol. The van der Waals surface area contributed by atoms with Crippen molar-refractivity contribution in [2.24, 2.45) is 0 Å². The molecule has 0 saturated carbocycles. The van der Waals surface area contributed by atoms with Gasteiger partial charge in [-0.1, -0.05) is 96.7 Å². The molecule has 2 aromatic heterocycles. The van der Waals surface area contributed by atoms with Crippen molar-refractivity contribution in [3.63, 3.8) is 0 Å². The molecule has 5 aromatic rings. The molecule has 1 saturated heterocycles. The molecule has 3 heterocycles. The number of hydrogen-bond donors (Lipinski definition) is 2. The van der Waals surface area contributed by atoms with E-state index in [0.717, 1.165) is 22.3 Å². The highest BCUT2D eigenvalue weighted by molar-refractivity contribution is 7.99. The Hall–Kier alpha value is -5.58. The first-order chi connectivity index (χ1) is 28.6. The summed E-state index contributed by atoms with van der Waals surface area (Å²) in [6.07, 6.45) is -3.76. The van der Waals surface area contributed by atoms with Crippen LogP contribution in [0.1, 0.15) is 47.4 Å². The van der Waals surface area contributed by atoms with Crippen molar-refractivity contribution >= 4 is 29.6 Å². The van der Waals surface area contributed by atoms with E-state index in [9.17, 15) is 27.6 Å². The molecule has 0 spiro atoms. The molecule has 0 bridgehead atoms. The van der Waals surface area contributed by atoms with Gasteiger partial charge in [-0.25, -0.2) is 4.79 Å². The lowest BCUT2D eigenvalue weighted by atomic mass is 9.81. The Morgan fingerprint density at radius 2 is 1.58 bits per heavy atom. The van der Waals surface area contributed by atoms with Crippen molar-refractivity contribution in [1.29, 1.82) is 0 Å². The summed E-state index contributed by atoms with van der Waals surface area (Å²) in [5.74, 6) is -1.03. The lowest BCUT2D eigenvalue weighted by Gasteiger charge is -2.37. The van der Waals surface area contributed by atoms with Crippen molar-refractivity contribution in [1.82, 2.24) is 25.8 Å². The van der Waals surface area contributed by atoms with Gasteiger partial charge in [-0.3, -0.25) is 14.6 Å². The van der Waals surface area contributed by atoms with Crippen LogP contribution in [0.25, 0.3) is 11.5 Å². The molecule has 0 aliphatic carbocycles. The third-order valence-corrected chi connectivity index (χ3v) is 10.7. The van der Waals surface area contributed by atoms with Gasteiger partial charge in [0.2, 0.25) is 5.89 Å². The fourth-order valence-corrected chi connectivity index (χ4v) is 7.70. The summed E-state index contributed by atoms with van der Waals surface area (Å²) in [6.45, 7) is 0.181. The summed E-state index contributed by atoms with van der Waals surface area (Å²) in [4.78, 5) is 43.2. The SMILES string of the molecule is COC(=O)N[C@H](C(=O)Cc1ccccc1CC[C@@H]1CN[C@H](COC(=O)CCC(F)(F)F)[C@@H](CSc2nnc(-c3ccncc3)o2)O1)C(c1ccccc1)c1ccccc1. The number of aryl methyl sites for hydroxylation is 1. The predicted molar refractivity (Wildman–Crippen MR) is 212 cm³/mol. The van der Waals surface area contributed by atoms with Crippen LogP contribution in [0.3, 0.4) is 0 Å². The molecule has 1 aliphatic rings. The van der Waals surface area contributed by atoms with Gasteiger partial charge in [-0.05, 0) is 47.2 Å². The Balaban J connectivity index is 1.14. The maximum absolute atomic E-state index is 14.3. The normalized spacial score (nSPS) is 17.3. The molecule has 16 heteroatoms. The fraction of sp³-hybridized carbons (Fsp3) is 0.349. The van der Waals surface area contributed by atoms with Crippen LogP contribution in [0.15, 0.2) is 119 Å². The van der Waals surface area contributed by atoms with E-state index in [1.807, 2.05) is 84.9 Å².